The van der Waals surface area contributed by atoms with Gasteiger partial charge < -0.3 is 5.32 Å². The number of nitrogens with one attached hydrogen (secondary N) is 1. The molecular weight excluding hydrogens is 250 g/mol. The molecule has 3 rings (SSSR count). The minimum absolute atomic E-state index is 0.493. The Bertz CT molecular complexity index is 617. The molecule has 0 spiro atoms. The molecule has 2 aromatic rings. The van der Waals surface area contributed by atoms with Crippen molar-refractivity contribution in [1.29, 1.82) is 0 Å². The lowest BCUT2D eigenvalue weighted by molar-refractivity contribution is 0.361. The average molecular weight is 271 g/mol. The van der Waals surface area contributed by atoms with Crippen LogP contribution < -0.4 is 5.32 Å². The van der Waals surface area contributed by atoms with Gasteiger partial charge in [0.1, 0.15) is 6.33 Å². The van der Waals surface area contributed by atoms with Gasteiger partial charge in [-0.15, -0.1) is 0 Å². The smallest absolute Gasteiger partial charge is 0.183 e. The Morgan fingerprint density at radius 1 is 1.00 bits per heavy atom. The fraction of sp³-hybridized carbons (Fsp3) is 0.600. The van der Waals surface area contributed by atoms with Crippen LogP contribution in [-0.4, -0.2) is 26.0 Å². The average Bonchev–Trinajstić information content (AvgIpc) is 2.43. The highest BCUT2D eigenvalue weighted by Crippen LogP contribution is 2.27. The third kappa shape index (κ3) is 2.57. The number of hydrogen-bond acceptors (Lipinski definition) is 5. The van der Waals surface area contributed by atoms with Crippen LogP contribution in [0.15, 0.2) is 6.33 Å². The van der Waals surface area contributed by atoms with Crippen molar-refractivity contribution in [3.05, 3.63) is 17.7 Å². The summed E-state index contributed by atoms with van der Waals surface area (Å²) in [4.78, 5) is 17.7. The Morgan fingerprint density at radius 2 is 1.70 bits per heavy atom. The van der Waals surface area contributed by atoms with Gasteiger partial charge in [0.25, 0.3) is 0 Å². The molecule has 0 amide bonds. The van der Waals surface area contributed by atoms with Gasteiger partial charge in [0.2, 0.25) is 0 Å². The lowest BCUT2D eigenvalue weighted by Gasteiger charge is -2.27. The predicted octanol–water partition coefficient (Wildman–Crippen LogP) is 3.03. The van der Waals surface area contributed by atoms with Crippen LogP contribution in [0.4, 0.5) is 5.82 Å². The van der Waals surface area contributed by atoms with E-state index in [2.05, 4.69) is 32.2 Å². The van der Waals surface area contributed by atoms with Crippen molar-refractivity contribution in [3.63, 3.8) is 0 Å². The Hall–Kier alpha value is -1.78. The fourth-order valence-electron chi connectivity index (χ4n) is 2.75. The van der Waals surface area contributed by atoms with E-state index in [4.69, 9.17) is 0 Å². The molecule has 1 N–H and O–H groups in total. The number of hydrogen-bond donors (Lipinski definition) is 1. The molecule has 1 aliphatic rings. The van der Waals surface area contributed by atoms with Crippen LogP contribution in [0.5, 0.6) is 0 Å². The first-order chi connectivity index (χ1) is 9.63. The standard InChI is InChI=1S/C15H21N5/c1-9-4-6-12(7-5-9)20-15-13-14(16-8-17-15)19-11(3)10(2)18-13/h8-9,12H,4-7H2,1-3H3,(H,16,17,19,20). The predicted molar refractivity (Wildman–Crippen MR) is 79.6 cm³/mol. The summed E-state index contributed by atoms with van der Waals surface area (Å²) in [5.41, 5.74) is 3.32. The number of aromatic nitrogens is 4. The number of anilines is 1. The molecule has 5 heteroatoms. The van der Waals surface area contributed by atoms with Gasteiger partial charge in [-0.05, 0) is 45.4 Å². The van der Waals surface area contributed by atoms with Crippen molar-refractivity contribution >= 4 is 17.0 Å². The molecule has 1 fully saturated rings. The van der Waals surface area contributed by atoms with E-state index < -0.39 is 0 Å². The summed E-state index contributed by atoms with van der Waals surface area (Å²) in [5.74, 6) is 1.67. The number of nitrogens with zero attached hydrogens (tertiary/aromatic N) is 4. The van der Waals surface area contributed by atoms with Gasteiger partial charge in [-0.25, -0.2) is 19.9 Å². The van der Waals surface area contributed by atoms with Crippen molar-refractivity contribution in [2.45, 2.75) is 52.5 Å². The Labute approximate surface area is 119 Å². The topological polar surface area (TPSA) is 63.6 Å². The molecule has 20 heavy (non-hydrogen) atoms. The van der Waals surface area contributed by atoms with Gasteiger partial charge in [-0.1, -0.05) is 6.92 Å². The van der Waals surface area contributed by atoms with Gasteiger partial charge >= 0.3 is 0 Å². The molecular formula is C15H21N5. The summed E-state index contributed by atoms with van der Waals surface area (Å²) in [6, 6.07) is 0.493. The van der Waals surface area contributed by atoms with Gasteiger partial charge in [0.05, 0.1) is 11.4 Å². The van der Waals surface area contributed by atoms with Gasteiger partial charge in [0.15, 0.2) is 17.0 Å². The minimum atomic E-state index is 0.493. The van der Waals surface area contributed by atoms with E-state index >= 15 is 0 Å². The SMILES string of the molecule is Cc1nc2ncnc(NC3CCC(C)CC3)c2nc1C. The summed E-state index contributed by atoms with van der Waals surface area (Å²) in [6.07, 6.45) is 6.53. The highest BCUT2D eigenvalue weighted by Gasteiger charge is 2.19. The van der Waals surface area contributed by atoms with Crippen LogP contribution in [0, 0.1) is 19.8 Å². The summed E-state index contributed by atoms with van der Waals surface area (Å²) in [7, 11) is 0. The zero-order valence-corrected chi connectivity index (χ0v) is 12.3. The number of aryl methyl sites for hydroxylation is 2. The lowest BCUT2D eigenvalue weighted by atomic mass is 9.87. The van der Waals surface area contributed by atoms with Gasteiger partial charge in [-0.2, -0.15) is 0 Å². The van der Waals surface area contributed by atoms with Gasteiger partial charge in [-0.3, -0.25) is 0 Å². The van der Waals surface area contributed by atoms with E-state index in [0.717, 1.165) is 28.6 Å². The summed E-state index contributed by atoms with van der Waals surface area (Å²) < 4.78 is 0. The molecule has 106 valence electrons. The maximum atomic E-state index is 4.61. The molecule has 1 aliphatic carbocycles. The van der Waals surface area contributed by atoms with Crippen LogP contribution in [-0.2, 0) is 0 Å². The highest BCUT2D eigenvalue weighted by molar-refractivity contribution is 5.82. The van der Waals surface area contributed by atoms with E-state index in [9.17, 15) is 0 Å². The first-order valence-corrected chi connectivity index (χ1v) is 7.36. The van der Waals surface area contributed by atoms with E-state index in [-0.39, 0.29) is 0 Å². The molecule has 1 saturated carbocycles. The third-order valence-electron chi connectivity index (χ3n) is 4.24. The second kappa shape index (κ2) is 5.31. The molecule has 2 aromatic heterocycles. The normalized spacial score (nSPS) is 22.9. The fourth-order valence-corrected chi connectivity index (χ4v) is 2.75. The molecule has 2 heterocycles. The van der Waals surface area contributed by atoms with Crippen LogP contribution >= 0.6 is 0 Å². The molecule has 0 aliphatic heterocycles. The largest absolute Gasteiger partial charge is 0.365 e. The van der Waals surface area contributed by atoms with Crippen LogP contribution in [0.1, 0.15) is 44.0 Å². The van der Waals surface area contributed by atoms with Crippen molar-refractivity contribution < 1.29 is 0 Å². The second-order valence-electron chi connectivity index (χ2n) is 5.89. The number of fused-ring (bicyclic) bond motifs is 1. The Morgan fingerprint density at radius 3 is 2.45 bits per heavy atom. The van der Waals surface area contributed by atoms with E-state index in [1.165, 1.54) is 25.7 Å². The summed E-state index contributed by atoms with van der Waals surface area (Å²) >= 11 is 0. The molecule has 0 saturated heterocycles. The maximum Gasteiger partial charge on any atom is 0.183 e. The zero-order chi connectivity index (χ0) is 14.1. The Balaban J connectivity index is 1.89. The van der Waals surface area contributed by atoms with Crippen molar-refractivity contribution in [3.8, 4) is 0 Å². The molecule has 5 nitrogen and oxygen atoms in total. The van der Waals surface area contributed by atoms with Crippen molar-refractivity contribution in [2.75, 3.05) is 5.32 Å². The zero-order valence-electron chi connectivity index (χ0n) is 12.3. The first kappa shape index (κ1) is 13.2. The molecule has 0 unspecified atom stereocenters. The Kier molecular flexibility index (Phi) is 3.51. The quantitative estimate of drug-likeness (QED) is 0.909. The van der Waals surface area contributed by atoms with Crippen LogP contribution in [0.3, 0.4) is 0 Å². The lowest BCUT2D eigenvalue weighted by Crippen LogP contribution is -2.26. The number of rotatable bonds is 2. The van der Waals surface area contributed by atoms with Crippen molar-refractivity contribution in [2.24, 2.45) is 5.92 Å². The van der Waals surface area contributed by atoms with E-state index in [1.807, 2.05) is 13.8 Å². The van der Waals surface area contributed by atoms with E-state index in [0.29, 0.717) is 11.7 Å². The molecule has 0 radical (unpaired) electrons. The highest BCUT2D eigenvalue weighted by atomic mass is 15.1. The first-order valence-electron chi connectivity index (χ1n) is 7.36. The summed E-state index contributed by atoms with van der Waals surface area (Å²) in [6.45, 7) is 6.26. The monoisotopic (exact) mass is 271 g/mol. The molecule has 0 aromatic carbocycles. The molecule has 0 bridgehead atoms. The maximum absolute atomic E-state index is 4.61. The van der Waals surface area contributed by atoms with Crippen molar-refractivity contribution in [1.82, 2.24) is 19.9 Å². The minimum Gasteiger partial charge on any atom is -0.365 e. The third-order valence-corrected chi connectivity index (χ3v) is 4.24. The van der Waals surface area contributed by atoms with Gasteiger partial charge in [0, 0.05) is 6.04 Å². The van der Waals surface area contributed by atoms with Crippen LogP contribution in [0.25, 0.3) is 11.2 Å². The van der Waals surface area contributed by atoms with E-state index in [1.54, 1.807) is 6.33 Å². The van der Waals surface area contributed by atoms with Crippen LogP contribution in [0.2, 0.25) is 0 Å². The second-order valence-corrected chi connectivity index (χ2v) is 5.89. The molecule has 0 atom stereocenters. The summed E-state index contributed by atoms with van der Waals surface area (Å²) in [5, 5.41) is 3.54.